The smallest absolute Gasteiger partial charge is 0.199 e. The molecule has 1 unspecified atom stereocenters. The van der Waals surface area contributed by atoms with Gasteiger partial charge in [0, 0.05) is 6.42 Å². The molecule has 0 heterocycles. The Hall–Kier alpha value is -0.810. The maximum atomic E-state index is 10.2. The normalized spacial score (nSPS) is 11.8. The monoisotopic (exact) mass is 179 g/mol. The van der Waals surface area contributed by atoms with E-state index in [4.69, 9.17) is 0 Å². The van der Waals surface area contributed by atoms with Gasteiger partial charge in [-0.25, -0.2) is 0 Å². The summed E-state index contributed by atoms with van der Waals surface area (Å²) in [6, 6.07) is 0. The van der Waals surface area contributed by atoms with Gasteiger partial charge in [0.05, 0.1) is 0 Å². The molecule has 1 atom stereocenters. The van der Waals surface area contributed by atoms with E-state index in [9.17, 15) is 4.79 Å². The maximum absolute atomic E-state index is 10.2. The molecule has 0 N–H and O–H groups in total. The fourth-order valence-electron chi connectivity index (χ4n) is 1.35. The van der Waals surface area contributed by atoms with Gasteiger partial charge in [-0.1, -0.05) is 39.2 Å². The van der Waals surface area contributed by atoms with Crippen molar-refractivity contribution in [3.8, 4) is 0 Å². The highest BCUT2D eigenvalue weighted by Crippen LogP contribution is 2.14. The van der Waals surface area contributed by atoms with Crippen LogP contribution in [0.25, 0.3) is 0 Å². The summed E-state index contributed by atoms with van der Waals surface area (Å²) in [5, 5.41) is 0. The van der Waals surface area contributed by atoms with E-state index < -0.39 is 0 Å². The number of hydrogen-bond donors (Lipinski definition) is 0. The highest BCUT2D eigenvalue weighted by atomic mass is 16.1. The summed E-state index contributed by atoms with van der Waals surface area (Å²) in [7, 11) is 0. The highest BCUT2D eigenvalue weighted by Gasteiger charge is 2.03. The van der Waals surface area contributed by atoms with Crippen LogP contribution in [0, 0.1) is 5.92 Å². The van der Waals surface area contributed by atoms with Crippen molar-refractivity contribution in [3.63, 3.8) is 0 Å². The summed E-state index contributed by atoms with van der Waals surface area (Å²) >= 11 is 0. The molecule has 0 aliphatic rings. The zero-order valence-electron chi connectivity index (χ0n) is 8.51. The SMILES string of the molecule is C=C=CC(C[C]=O)CCCCCC. The van der Waals surface area contributed by atoms with Crippen LogP contribution in [0.2, 0.25) is 0 Å². The van der Waals surface area contributed by atoms with Gasteiger partial charge in [0.15, 0.2) is 6.29 Å². The zero-order valence-corrected chi connectivity index (χ0v) is 8.51. The molecule has 1 nitrogen and oxygen atoms in total. The molecule has 0 saturated carbocycles. The fraction of sp³-hybridized carbons (Fsp3) is 0.667. The van der Waals surface area contributed by atoms with Crippen molar-refractivity contribution in [2.75, 3.05) is 0 Å². The molecular weight excluding hydrogens is 160 g/mol. The third-order valence-electron chi connectivity index (χ3n) is 2.13. The molecular formula is C12H19O. The average molecular weight is 179 g/mol. The summed E-state index contributed by atoms with van der Waals surface area (Å²) in [6.45, 7) is 5.71. The number of unbranched alkanes of at least 4 members (excludes halogenated alkanes) is 3. The third kappa shape index (κ3) is 7.55. The molecule has 1 heteroatoms. The van der Waals surface area contributed by atoms with Crippen molar-refractivity contribution >= 4 is 6.29 Å². The number of hydrogen-bond acceptors (Lipinski definition) is 1. The van der Waals surface area contributed by atoms with Crippen molar-refractivity contribution in [1.82, 2.24) is 0 Å². The Bertz CT molecular complexity index is 166. The molecule has 0 aromatic rings. The average Bonchev–Trinajstić information content (AvgIpc) is 2.13. The summed E-state index contributed by atoms with van der Waals surface area (Å²) in [4.78, 5) is 10.2. The lowest BCUT2D eigenvalue weighted by atomic mass is 9.98. The minimum atomic E-state index is 0.312. The van der Waals surface area contributed by atoms with Crippen molar-refractivity contribution in [3.05, 3.63) is 18.4 Å². The van der Waals surface area contributed by atoms with Crippen molar-refractivity contribution in [2.24, 2.45) is 5.92 Å². The Kier molecular flexibility index (Phi) is 8.70. The summed E-state index contributed by atoms with van der Waals surface area (Å²) in [5.41, 5.74) is 2.74. The van der Waals surface area contributed by atoms with Crippen LogP contribution in [0.1, 0.15) is 45.4 Å². The summed E-state index contributed by atoms with van der Waals surface area (Å²) in [5.74, 6) is 0.312. The lowest BCUT2D eigenvalue weighted by Gasteiger charge is -2.06. The lowest BCUT2D eigenvalue weighted by molar-refractivity contribution is 0.508. The van der Waals surface area contributed by atoms with Crippen LogP contribution >= 0.6 is 0 Å². The third-order valence-corrected chi connectivity index (χ3v) is 2.13. The zero-order chi connectivity index (χ0) is 9.94. The van der Waals surface area contributed by atoms with E-state index in [2.05, 4.69) is 19.2 Å². The van der Waals surface area contributed by atoms with E-state index in [1.807, 2.05) is 12.4 Å². The fourth-order valence-corrected chi connectivity index (χ4v) is 1.35. The largest absolute Gasteiger partial charge is 0.291 e. The minimum Gasteiger partial charge on any atom is -0.291 e. The van der Waals surface area contributed by atoms with Crippen LogP contribution in [-0.4, -0.2) is 6.29 Å². The van der Waals surface area contributed by atoms with E-state index in [1.54, 1.807) is 0 Å². The second-order valence-corrected chi connectivity index (χ2v) is 3.33. The maximum Gasteiger partial charge on any atom is 0.199 e. The van der Waals surface area contributed by atoms with Gasteiger partial charge in [-0.3, -0.25) is 4.79 Å². The predicted molar refractivity (Wildman–Crippen MR) is 56.3 cm³/mol. The number of allylic oxidation sites excluding steroid dienone is 1. The minimum absolute atomic E-state index is 0.312. The Labute approximate surface area is 81.5 Å². The molecule has 0 aliphatic heterocycles. The van der Waals surface area contributed by atoms with Crippen molar-refractivity contribution in [2.45, 2.75) is 45.4 Å². The Morgan fingerprint density at radius 2 is 2.15 bits per heavy atom. The van der Waals surface area contributed by atoms with Gasteiger partial charge in [0.2, 0.25) is 0 Å². The van der Waals surface area contributed by atoms with Gasteiger partial charge in [-0.05, 0) is 18.4 Å². The molecule has 0 rings (SSSR count). The van der Waals surface area contributed by atoms with Crippen LogP contribution in [0.4, 0.5) is 0 Å². The van der Waals surface area contributed by atoms with E-state index in [0.29, 0.717) is 12.3 Å². The molecule has 0 aliphatic carbocycles. The Balaban J connectivity index is 3.56. The summed E-state index contributed by atoms with van der Waals surface area (Å²) < 4.78 is 0. The molecule has 0 saturated heterocycles. The predicted octanol–water partition coefficient (Wildman–Crippen LogP) is 3.41. The van der Waals surface area contributed by atoms with Gasteiger partial charge in [-0.15, -0.1) is 5.73 Å². The standard InChI is InChI=1S/C12H19O/c1-3-5-6-7-9-12(8-4-2)10-11-13/h8,12H,2-3,5-7,9-10H2,1H3. The lowest BCUT2D eigenvalue weighted by Crippen LogP contribution is -1.96. The number of rotatable bonds is 8. The van der Waals surface area contributed by atoms with Gasteiger partial charge in [0.1, 0.15) is 0 Å². The Morgan fingerprint density at radius 1 is 1.38 bits per heavy atom. The van der Waals surface area contributed by atoms with E-state index in [1.165, 1.54) is 25.7 Å². The molecule has 13 heavy (non-hydrogen) atoms. The Morgan fingerprint density at radius 3 is 2.69 bits per heavy atom. The first-order valence-electron chi connectivity index (χ1n) is 5.06. The number of carbonyl (C=O) groups excluding carboxylic acids is 1. The van der Waals surface area contributed by atoms with E-state index in [0.717, 1.165) is 6.42 Å². The molecule has 0 aromatic heterocycles. The first kappa shape index (κ1) is 12.2. The van der Waals surface area contributed by atoms with Crippen molar-refractivity contribution in [1.29, 1.82) is 0 Å². The molecule has 1 radical (unpaired) electrons. The van der Waals surface area contributed by atoms with Crippen LogP contribution < -0.4 is 0 Å². The molecule has 0 fully saturated rings. The quantitative estimate of drug-likeness (QED) is 0.412. The first-order valence-corrected chi connectivity index (χ1v) is 5.06. The first-order chi connectivity index (χ1) is 6.35. The van der Waals surface area contributed by atoms with Crippen molar-refractivity contribution < 1.29 is 4.79 Å². The molecule has 0 spiro atoms. The van der Waals surface area contributed by atoms with Crippen LogP contribution in [0.15, 0.2) is 18.4 Å². The topological polar surface area (TPSA) is 17.1 Å². The van der Waals surface area contributed by atoms with Gasteiger partial charge in [-0.2, -0.15) is 0 Å². The van der Waals surface area contributed by atoms with Gasteiger partial charge in [0.25, 0.3) is 0 Å². The van der Waals surface area contributed by atoms with Gasteiger partial charge >= 0.3 is 0 Å². The second-order valence-electron chi connectivity index (χ2n) is 3.33. The molecule has 0 bridgehead atoms. The molecule has 0 aromatic carbocycles. The highest BCUT2D eigenvalue weighted by molar-refractivity contribution is 5.51. The van der Waals surface area contributed by atoms with Crippen LogP contribution in [0.3, 0.4) is 0 Å². The van der Waals surface area contributed by atoms with E-state index >= 15 is 0 Å². The molecule has 0 amide bonds. The van der Waals surface area contributed by atoms with Crippen LogP contribution in [0.5, 0.6) is 0 Å². The van der Waals surface area contributed by atoms with Gasteiger partial charge < -0.3 is 0 Å². The van der Waals surface area contributed by atoms with E-state index in [-0.39, 0.29) is 0 Å². The summed E-state index contributed by atoms with van der Waals surface area (Å²) in [6.07, 6.45) is 10.4. The molecule has 73 valence electrons. The van der Waals surface area contributed by atoms with Crippen LogP contribution in [-0.2, 0) is 4.79 Å². The second kappa shape index (κ2) is 9.28.